The molecule has 40 nitrogen and oxygen atoms in total. The fraction of sp³-hybridized carbons (Fsp3) is 0.940. The number of aliphatic hydroxyl groups excluding tert-OH is 20. The molecule has 0 unspecified atom stereocenters. The van der Waals surface area contributed by atoms with E-state index in [1.165, 1.54) is 6.92 Å². The van der Waals surface area contributed by atoms with Crippen molar-refractivity contribution in [3.05, 3.63) is 0 Å². The highest BCUT2D eigenvalue weighted by Gasteiger charge is 2.58. The largest absolute Gasteiger partial charge is 0.394 e. The molecule has 7 rings (SSSR count). The van der Waals surface area contributed by atoms with Gasteiger partial charge in [-0.05, 0) is 6.92 Å². The van der Waals surface area contributed by atoms with E-state index in [-0.39, 0.29) is 6.41 Å². The zero-order valence-corrected chi connectivity index (χ0v) is 48.4. The maximum Gasteiger partial charge on any atom is 0.217 e. The summed E-state index contributed by atoms with van der Waals surface area (Å²) in [4.78, 5) is 36.2. The molecule has 7 aliphatic heterocycles. The fourth-order valence-corrected chi connectivity index (χ4v) is 11.2. The Balaban J connectivity index is 1.04. The van der Waals surface area contributed by atoms with Crippen LogP contribution in [0.25, 0.3) is 0 Å². The first-order valence-corrected chi connectivity index (χ1v) is 28.7. The molecular formula is C50H85N3O37. The Morgan fingerprint density at radius 2 is 0.778 bits per heavy atom. The summed E-state index contributed by atoms with van der Waals surface area (Å²) in [5, 5.41) is 224. The molecule has 7 fully saturated rings. The predicted molar refractivity (Wildman–Crippen MR) is 277 cm³/mol. The van der Waals surface area contributed by atoms with Gasteiger partial charge in [0.15, 0.2) is 44.0 Å². The van der Waals surface area contributed by atoms with Gasteiger partial charge in [0.25, 0.3) is 0 Å². The quantitative estimate of drug-likeness (QED) is 0.0358. The van der Waals surface area contributed by atoms with E-state index in [2.05, 4.69) is 16.0 Å². The molecule has 0 aromatic carbocycles. The van der Waals surface area contributed by atoms with Crippen molar-refractivity contribution in [2.24, 2.45) is 0 Å². The van der Waals surface area contributed by atoms with Crippen molar-refractivity contribution in [3.63, 3.8) is 0 Å². The molecule has 522 valence electrons. The minimum Gasteiger partial charge on any atom is -0.394 e. The molecule has 0 radical (unpaired) electrons. The average molecular weight is 1320 g/mol. The molecule has 7 aliphatic rings. The Labute approximate surface area is 510 Å². The van der Waals surface area contributed by atoms with Crippen molar-refractivity contribution in [3.8, 4) is 0 Å². The van der Waals surface area contributed by atoms with Gasteiger partial charge in [-0.3, -0.25) is 14.4 Å². The van der Waals surface area contributed by atoms with Crippen LogP contribution in [0.15, 0.2) is 0 Å². The van der Waals surface area contributed by atoms with Crippen LogP contribution < -0.4 is 16.0 Å². The summed E-state index contributed by atoms with van der Waals surface area (Å²) in [5.74, 6) is -1.71. The van der Waals surface area contributed by atoms with Crippen molar-refractivity contribution < 1.29 is 183 Å². The Bertz CT molecular complexity index is 2230. The fourth-order valence-electron chi connectivity index (χ4n) is 11.2. The van der Waals surface area contributed by atoms with E-state index in [1.807, 2.05) is 0 Å². The molecule has 90 heavy (non-hydrogen) atoms. The van der Waals surface area contributed by atoms with Gasteiger partial charge in [0, 0.05) is 13.8 Å². The average Bonchev–Trinajstić information content (AvgIpc) is 0.826. The first-order valence-electron chi connectivity index (χ1n) is 28.7. The monoisotopic (exact) mass is 1320 g/mol. The highest BCUT2D eigenvalue weighted by Crippen LogP contribution is 2.37. The van der Waals surface area contributed by atoms with E-state index < -0.39 is 286 Å². The summed E-state index contributed by atoms with van der Waals surface area (Å²) < 4.78 is 80.7. The molecule has 0 aromatic heterocycles. The van der Waals surface area contributed by atoms with Crippen molar-refractivity contribution in [2.75, 3.05) is 52.9 Å². The second-order valence-corrected chi connectivity index (χ2v) is 22.5. The van der Waals surface area contributed by atoms with Crippen LogP contribution in [0.5, 0.6) is 0 Å². The van der Waals surface area contributed by atoms with E-state index in [1.54, 1.807) is 0 Å². The van der Waals surface area contributed by atoms with Gasteiger partial charge >= 0.3 is 0 Å². The van der Waals surface area contributed by atoms with Crippen molar-refractivity contribution >= 4 is 18.2 Å². The standard InChI is InChI=1S/C50H85N3O37/c1-13-25(63)31(69)35(73)47(79-13)90-43-33(71)26(64)17(5-55)81-50(43)88-40-19(7-57)82-44(23(29(40)67)52-14(2)61)78-11-22-27(65)32(70)36(74)48(85-22)86-39-20(8-58)83-45(24(30(39)68)53-15(3)62)89-42-28(66)18(6-56)80-49(38(42)76)87-41-21(9-59)84-46(37(75)34(41)72)77-10-16(4-54)51-12-60/h12-13,16-50,54-59,63-76H,4-11H2,1-3H3,(H,51,60)(H,52,61)(H,53,62)/t13-,16+,17+,18+,19+,20+,21+,22+,23+,24+,25+,26-,27-,28-,29+,30+,31+,32-,33-,34+,35-,36+,37+,38+,39+,40+,41+,42-,43+,44+,45-,46+,47-,48-,49-,50-/m0/s1. The molecule has 0 saturated carbocycles. The molecule has 40 heteroatoms. The van der Waals surface area contributed by atoms with Gasteiger partial charge in [-0.15, -0.1) is 0 Å². The number of amides is 3. The highest BCUT2D eigenvalue weighted by molar-refractivity contribution is 5.73. The Morgan fingerprint density at radius 1 is 0.389 bits per heavy atom. The summed E-state index contributed by atoms with van der Waals surface area (Å²) in [6.45, 7) is -3.63. The van der Waals surface area contributed by atoms with Crippen molar-refractivity contribution in [2.45, 2.75) is 242 Å². The number of carbonyl (C=O) groups excluding carboxylic acids is 3. The van der Waals surface area contributed by atoms with Crippen molar-refractivity contribution in [1.82, 2.24) is 16.0 Å². The van der Waals surface area contributed by atoms with Gasteiger partial charge in [0.2, 0.25) is 18.2 Å². The lowest BCUT2D eigenvalue weighted by molar-refractivity contribution is -0.385. The van der Waals surface area contributed by atoms with Crippen LogP contribution in [0.2, 0.25) is 0 Å². The molecule has 0 bridgehead atoms. The van der Waals surface area contributed by atoms with E-state index in [0.29, 0.717) is 0 Å². The molecule has 0 aromatic rings. The lowest BCUT2D eigenvalue weighted by Crippen LogP contribution is -2.70. The second-order valence-electron chi connectivity index (χ2n) is 22.5. The third-order valence-electron chi connectivity index (χ3n) is 16.3. The zero-order valence-electron chi connectivity index (χ0n) is 48.4. The maximum atomic E-state index is 12.7. The molecule has 7 heterocycles. The van der Waals surface area contributed by atoms with Gasteiger partial charge in [0.05, 0.1) is 65.0 Å². The second kappa shape index (κ2) is 33.1. The van der Waals surface area contributed by atoms with Crippen LogP contribution in [0.1, 0.15) is 20.8 Å². The van der Waals surface area contributed by atoms with Crippen LogP contribution >= 0.6 is 0 Å². The number of hydrogen-bond donors (Lipinski definition) is 23. The molecule has 0 aliphatic carbocycles. The predicted octanol–water partition coefficient (Wildman–Crippen LogP) is -15.8. The lowest BCUT2D eigenvalue weighted by Gasteiger charge is -2.50. The van der Waals surface area contributed by atoms with Crippen LogP contribution in [-0.4, -0.2) is 394 Å². The number of hydrogen-bond acceptors (Lipinski definition) is 37. The number of rotatable bonds is 26. The van der Waals surface area contributed by atoms with E-state index in [0.717, 1.165) is 13.8 Å². The normalized spacial score (nSPS) is 48.1. The Morgan fingerprint density at radius 3 is 1.31 bits per heavy atom. The van der Waals surface area contributed by atoms with Crippen LogP contribution in [0, 0.1) is 0 Å². The molecule has 0 spiro atoms. The number of nitrogens with one attached hydrogen (secondary N) is 3. The molecule has 3 amide bonds. The van der Waals surface area contributed by atoms with Crippen LogP contribution in [0.3, 0.4) is 0 Å². The van der Waals surface area contributed by atoms with Crippen LogP contribution in [-0.2, 0) is 80.7 Å². The Kier molecular flexibility index (Phi) is 27.4. The van der Waals surface area contributed by atoms with Gasteiger partial charge in [-0.1, -0.05) is 0 Å². The number of aliphatic hydroxyl groups is 20. The van der Waals surface area contributed by atoms with Gasteiger partial charge < -0.3 is 184 Å². The zero-order chi connectivity index (χ0) is 66.3. The van der Waals surface area contributed by atoms with Gasteiger partial charge in [0.1, 0.15) is 165 Å². The van der Waals surface area contributed by atoms with Gasteiger partial charge in [-0.2, -0.15) is 0 Å². The summed E-state index contributed by atoms with van der Waals surface area (Å²) in [6.07, 6.45) is -62.0. The smallest absolute Gasteiger partial charge is 0.217 e. The first kappa shape index (κ1) is 74.4. The summed E-state index contributed by atoms with van der Waals surface area (Å²) >= 11 is 0. The van der Waals surface area contributed by atoms with Gasteiger partial charge in [-0.25, -0.2) is 0 Å². The molecule has 23 N–H and O–H groups in total. The minimum atomic E-state index is -2.21. The molecule has 36 atom stereocenters. The molecule has 7 saturated heterocycles. The SMILES string of the molecule is CC(=O)N[C@H]1[C@H](O[C@H]2[C@@H](O)[C@@H](CO)O[C@@H](O[C@H]3[C@H](O)[C@@H](O)[C@H](OC[C@@H](CO)NC=O)O[C@@H]3CO)[C@@H]2O)O[C@H](CO)[C@@H](O[C@@H]2O[C@H](CO[C@@H]3O[C@H](CO)[C@@H](O[C@@H]4O[C@H](CO)[C@H](O)[C@H](O)[C@H]4O[C@@H]4O[C@@H](C)[C@@H](O)[C@@H](O)[C@@H]4O)[C@H](O)[C@H]3NC(C)=O)[C@H](O)[C@H](O)[C@H]2O)[C@@H]1O. The topological polar surface area (TPSA) is 621 Å². The van der Waals surface area contributed by atoms with E-state index in [9.17, 15) is 117 Å². The molecular weight excluding hydrogens is 1230 g/mol. The summed E-state index contributed by atoms with van der Waals surface area (Å²) in [6, 6.07) is -4.52. The van der Waals surface area contributed by atoms with Crippen LogP contribution in [0.4, 0.5) is 0 Å². The third-order valence-corrected chi connectivity index (χ3v) is 16.3. The van der Waals surface area contributed by atoms with Crippen molar-refractivity contribution in [1.29, 1.82) is 0 Å². The summed E-state index contributed by atoms with van der Waals surface area (Å²) in [7, 11) is 0. The third kappa shape index (κ3) is 16.6. The number of ether oxygens (including phenoxy) is 14. The maximum absolute atomic E-state index is 12.7. The Hall–Kier alpha value is -2.95. The van der Waals surface area contributed by atoms with E-state index in [4.69, 9.17) is 66.3 Å². The minimum absolute atomic E-state index is 0.271. The first-order chi connectivity index (χ1) is 42.7. The lowest BCUT2D eigenvalue weighted by atomic mass is 9.94. The van der Waals surface area contributed by atoms with E-state index >= 15 is 0 Å². The number of carbonyl (C=O) groups is 3. The summed E-state index contributed by atoms with van der Waals surface area (Å²) in [5.41, 5.74) is 0. The highest BCUT2D eigenvalue weighted by atomic mass is 16.8.